The van der Waals surface area contributed by atoms with Crippen LogP contribution in [0.4, 0.5) is 0 Å². The van der Waals surface area contributed by atoms with E-state index in [9.17, 15) is 0 Å². The molecule has 0 aromatic heterocycles. The molecule has 0 radical (unpaired) electrons. The Morgan fingerprint density at radius 1 is 0.824 bits per heavy atom. The monoisotopic (exact) mass is 242 g/mol. The van der Waals surface area contributed by atoms with E-state index in [-0.39, 0.29) is 0 Å². The minimum atomic E-state index is 0.393. The molecule has 0 N–H and O–H groups in total. The minimum Gasteiger partial charge on any atom is -0.353 e. The zero-order chi connectivity index (χ0) is 12.2. The van der Waals surface area contributed by atoms with Gasteiger partial charge in [0.25, 0.3) is 0 Å². The highest BCUT2D eigenvalue weighted by molar-refractivity contribution is 4.60. The standard InChI is InChI=1S/C15H30O2/c1-2-3-4-5-6-7-8-9-10-11-12-15-13-16-14-17-15/h15H,2-14H2,1H3. The highest BCUT2D eigenvalue weighted by Crippen LogP contribution is 2.14. The van der Waals surface area contributed by atoms with Crippen LogP contribution in [0.25, 0.3) is 0 Å². The van der Waals surface area contributed by atoms with Crippen LogP contribution in [0.2, 0.25) is 0 Å². The van der Waals surface area contributed by atoms with Crippen LogP contribution in [0.5, 0.6) is 0 Å². The van der Waals surface area contributed by atoms with E-state index in [0.717, 1.165) is 6.61 Å². The summed E-state index contributed by atoms with van der Waals surface area (Å²) in [5.74, 6) is 0. The highest BCUT2D eigenvalue weighted by atomic mass is 16.7. The molecule has 0 aliphatic carbocycles. The summed E-state index contributed by atoms with van der Waals surface area (Å²) in [6, 6.07) is 0. The van der Waals surface area contributed by atoms with Gasteiger partial charge in [0, 0.05) is 0 Å². The fourth-order valence-corrected chi connectivity index (χ4v) is 2.40. The van der Waals surface area contributed by atoms with Gasteiger partial charge in [-0.15, -0.1) is 0 Å². The molecule has 1 unspecified atom stereocenters. The van der Waals surface area contributed by atoms with Crippen LogP contribution in [0, 0.1) is 0 Å². The van der Waals surface area contributed by atoms with Crippen LogP contribution in [0.3, 0.4) is 0 Å². The van der Waals surface area contributed by atoms with E-state index in [2.05, 4.69) is 6.92 Å². The third kappa shape index (κ3) is 8.62. The van der Waals surface area contributed by atoms with E-state index in [1.54, 1.807) is 0 Å². The summed E-state index contributed by atoms with van der Waals surface area (Å²) in [6.45, 7) is 3.61. The highest BCUT2D eigenvalue weighted by Gasteiger charge is 2.14. The summed E-state index contributed by atoms with van der Waals surface area (Å²) in [5, 5.41) is 0. The van der Waals surface area contributed by atoms with Crippen molar-refractivity contribution in [2.24, 2.45) is 0 Å². The predicted octanol–water partition coefficient (Wildman–Crippen LogP) is 4.67. The topological polar surface area (TPSA) is 18.5 Å². The number of ether oxygens (including phenoxy) is 2. The molecule has 1 fully saturated rings. The Morgan fingerprint density at radius 3 is 1.94 bits per heavy atom. The smallest absolute Gasteiger partial charge is 0.147 e. The van der Waals surface area contributed by atoms with E-state index in [1.807, 2.05) is 0 Å². The molecule has 1 rings (SSSR count). The Labute approximate surface area is 107 Å². The molecular weight excluding hydrogens is 212 g/mol. The lowest BCUT2D eigenvalue weighted by Crippen LogP contribution is -2.08. The van der Waals surface area contributed by atoms with E-state index < -0.39 is 0 Å². The number of rotatable bonds is 11. The van der Waals surface area contributed by atoms with Crippen molar-refractivity contribution in [2.45, 2.75) is 83.7 Å². The first-order valence-electron chi connectivity index (χ1n) is 7.63. The Morgan fingerprint density at radius 2 is 1.41 bits per heavy atom. The van der Waals surface area contributed by atoms with Gasteiger partial charge < -0.3 is 9.47 Å². The van der Waals surface area contributed by atoms with Gasteiger partial charge in [0.15, 0.2) is 0 Å². The van der Waals surface area contributed by atoms with Crippen molar-refractivity contribution in [1.82, 2.24) is 0 Å². The molecule has 0 bridgehead atoms. The molecule has 0 amide bonds. The fourth-order valence-electron chi connectivity index (χ4n) is 2.40. The molecule has 17 heavy (non-hydrogen) atoms. The first-order valence-corrected chi connectivity index (χ1v) is 7.63. The van der Waals surface area contributed by atoms with Gasteiger partial charge in [0.2, 0.25) is 0 Å². The van der Waals surface area contributed by atoms with Crippen LogP contribution in [0.1, 0.15) is 77.6 Å². The van der Waals surface area contributed by atoms with Gasteiger partial charge in [0.05, 0.1) is 12.7 Å². The first-order chi connectivity index (χ1) is 8.43. The largest absolute Gasteiger partial charge is 0.353 e. The summed E-state index contributed by atoms with van der Waals surface area (Å²) in [7, 11) is 0. The molecule has 0 saturated carbocycles. The van der Waals surface area contributed by atoms with Gasteiger partial charge in [-0.2, -0.15) is 0 Å². The second kappa shape index (κ2) is 11.0. The molecule has 1 aliphatic heterocycles. The van der Waals surface area contributed by atoms with E-state index >= 15 is 0 Å². The van der Waals surface area contributed by atoms with Gasteiger partial charge in [-0.3, -0.25) is 0 Å². The van der Waals surface area contributed by atoms with Crippen molar-refractivity contribution in [1.29, 1.82) is 0 Å². The van der Waals surface area contributed by atoms with Gasteiger partial charge in [0.1, 0.15) is 6.79 Å². The quantitative estimate of drug-likeness (QED) is 0.490. The van der Waals surface area contributed by atoms with Crippen molar-refractivity contribution < 1.29 is 9.47 Å². The van der Waals surface area contributed by atoms with Gasteiger partial charge in [-0.1, -0.05) is 71.1 Å². The maximum atomic E-state index is 5.41. The summed E-state index contributed by atoms with van der Waals surface area (Å²) in [4.78, 5) is 0. The van der Waals surface area contributed by atoms with Crippen molar-refractivity contribution in [3.05, 3.63) is 0 Å². The summed E-state index contributed by atoms with van der Waals surface area (Å²) in [5.41, 5.74) is 0. The van der Waals surface area contributed by atoms with Crippen molar-refractivity contribution in [3.8, 4) is 0 Å². The average Bonchev–Trinajstić information content (AvgIpc) is 2.85. The van der Waals surface area contributed by atoms with E-state index in [4.69, 9.17) is 9.47 Å². The molecule has 0 aromatic rings. The maximum absolute atomic E-state index is 5.41. The lowest BCUT2D eigenvalue weighted by molar-refractivity contribution is 0.0440. The van der Waals surface area contributed by atoms with Crippen LogP contribution < -0.4 is 0 Å². The molecule has 2 nitrogen and oxygen atoms in total. The zero-order valence-corrected chi connectivity index (χ0v) is 11.6. The molecule has 1 heterocycles. The van der Waals surface area contributed by atoms with Crippen LogP contribution in [0.15, 0.2) is 0 Å². The summed E-state index contributed by atoms with van der Waals surface area (Å²) in [6.07, 6.45) is 15.6. The Kier molecular flexibility index (Phi) is 9.72. The van der Waals surface area contributed by atoms with Gasteiger partial charge in [-0.25, -0.2) is 0 Å². The second-order valence-electron chi connectivity index (χ2n) is 5.25. The van der Waals surface area contributed by atoms with E-state index in [1.165, 1.54) is 70.6 Å². The van der Waals surface area contributed by atoms with Gasteiger partial charge in [-0.05, 0) is 6.42 Å². The summed E-state index contributed by atoms with van der Waals surface area (Å²) >= 11 is 0. The van der Waals surface area contributed by atoms with Crippen LogP contribution in [-0.2, 0) is 9.47 Å². The lowest BCUT2D eigenvalue weighted by atomic mass is 10.0. The number of unbranched alkanes of at least 4 members (excludes halogenated alkanes) is 9. The average molecular weight is 242 g/mol. The molecule has 1 aliphatic rings. The SMILES string of the molecule is CCCCCCCCCCCCC1COCO1. The minimum absolute atomic E-state index is 0.393. The van der Waals surface area contributed by atoms with Crippen molar-refractivity contribution in [3.63, 3.8) is 0 Å². The molecule has 1 atom stereocenters. The molecule has 1 saturated heterocycles. The lowest BCUT2D eigenvalue weighted by Gasteiger charge is -2.06. The second-order valence-corrected chi connectivity index (χ2v) is 5.25. The maximum Gasteiger partial charge on any atom is 0.147 e. The third-order valence-electron chi connectivity index (χ3n) is 3.57. The third-order valence-corrected chi connectivity index (χ3v) is 3.57. The Bertz CT molecular complexity index is 153. The Hall–Kier alpha value is -0.0800. The van der Waals surface area contributed by atoms with E-state index in [0.29, 0.717) is 12.9 Å². The normalized spacial score (nSPS) is 19.9. The van der Waals surface area contributed by atoms with Gasteiger partial charge >= 0.3 is 0 Å². The fraction of sp³-hybridized carbons (Fsp3) is 1.00. The van der Waals surface area contributed by atoms with Crippen molar-refractivity contribution >= 4 is 0 Å². The zero-order valence-electron chi connectivity index (χ0n) is 11.6. The number of hydrogen-bond acceptors (Lipinski definition) is 2. The number of hydrogen-bond donors (Lipinski definition) is 0. The molecule has 0 aromatic carbocycles. The molecule has 0 spiro atoms. The Balaban J connectivity index is 1.69. The summed E-state index contributed by atoms with van der Waals surface area (Å²) < 4.78 is 10.6. The molecule has 102 valence electrons. The molecular formula is C15H30O2. The predicted molar refractivity (Wildman–Crippen MR) is 72.2 cm³/mol. The van der Waals surface area contributed by atoms with Crippen molar-refractivity contribution in [2.75, 3.05) is 13.4 Å². The van der Waals surface area contributed by atoms with Crippen LogP contribution >= 0.6 is 0 Å². The first kappa shape index (κ1) is 15.0. The molecule has 2 heteroatoms. The van der Waals surface area contributed by atoms with Crippen LogP contribution in [-0.4, -0.2) is 19.5 Å².